The number of anilines is 1. The van der Waals surface area contributed by atoms with E-state index in [1.54, 1.807) is 0 Å². The first kappa shape index (κ1) is 14.3. The summed E-state index contributed by atoms with van der Waals surface area (Å²) in [5, 5.41) is 0.793. The molecule has 96 valence electrons. The first-order valence-corrected chi connectivity index (χ1v) is 6.66. The molecule has 0 heterocycles. The molecular formula is C14H23ClN2. The summed E-state index contributed by atoms with van der Waals surface area (Å²) in [6, 6.07) is 6.61. The molecule has 0 aromatic heterocycles. The van der Waals surface area contributed by atoms with E-state index in [1.165, 1.54) is 0 Å². The molecule has 0 fully saturated rings. The van der Waals surface area contributed by atoms with Crippen LogP contribution < -0.4 is 10.6 Å². The van der Waals surface area contributed by atoms with Crippen molar-refractivity contribution in [1.29, 1.82) is 0 Å². The number of hydrogen-bond acceptors (Lipinski definition) is 2. The van der Waals surface area contributed by atoms with Gasteiger partial charge in [-0.25, -0.2) is 0 Å². The summed E-state index contributed by atoms with van der Waals surface area (Å²) < 4.78 is 0. The molecule has 17 heavy (non-hydrogen) atoms. The zero-order valence-corrected chi connectivity index (χ0v) is 12.0. The van der Waals surface area contributed by atoms with Gasteiger partial charge >= 0.3 is 0 Å². The fraction of sp³-hybridized carbons (Fsp3) is 0.571. The maximum absolute atomic E-state index is 6.35. The summed E-state index contributed by atoms with van der Waals surface area (Å²) in [4.78, 5) is 2.33. The fourth-order valence-electron chi connectivity index (χ4n) is 1.94. The maximum atomic E-state index is 6.35. The second kappa shape index (κ2) is 6.27. The highest BCUT2D eigenvalue weighted by atomic mass is 35.5. The van der Waals surface area contributed by atoms with Crippen LogP contribution in [0.3, 0.4) is 0 Å². The minimum absolute atomic E-state index is 0.0280. The molecule has 0 saturated carbocycles. The van der Waals surface area contributed by atoms with E-state index in [1.807, 2.05) is 13.0 Å². The highest BCUT2D eigenvalue weighted by Crippen LogP contribution is 2.30. The standard InChI is InChI=1S/C14H23ClN2/c1-5-8-17(10(2)3)14-7-6-12(11(4)16)9-13(14)15/h6-7,9-11H,5,8,16H2,1-4H3/t11-/m1/s1. The second-order valence-electron chi connectivity index (χ2n) is 4.79. The van der Waals surface area contributed by atoms with E-state index in [-0.39, 0.29) is 6.04 Å². The first-order chi connectivity index (χ1) is 7.97. The Bertz CT molecular complexity index is 361. The molecule has 2 N–H and O–H groups in total. The molecule has 1 aromatic carbocycles. The van der Waals surface area contributed by atoms with Crippen LogP contribution in [0.1, 0.15) is 45.7 Å². The summed E-state index contributed by atoms with van der Waals surface area (Å²) in [7, 11) is 0. The van der Waals surface area contributed by atoms with Crippen LogP contribution in [-0.2, 0) is 0 Å². The van der Waals surface area contributed by atoms with Crippen LogP contribution in [-0.4, -0.2) is 12.6 Å². The van der Waals surface area contributed by atoms with Gasteiger partial charge in [-0.3, -0.25) is 0 Å². The molecule has 1 rings (SSSR count). The third-order valence-electron chi connectivity index (χ3n) is 2.89. The quantitative estimate of drug-likeness (QED) is 0.861. The zero-order chi connectivity index (χ0) is 13.0. The van der Waals surface area contributed by atoms with Gasteiger partial charge in [-0.2, -0.15) is 0 Å². The Hall–Kier alpha value is -0.730. The minimum Gasteiger partial charge on any atom is -0.368 e. The average molecular weight is 255 g/mol. The van der Waals surface area contributed by atoms with Crippen molar-refractivity contribution in [3.05, 3.63) is 28.8 Å². The van der Waals surface area contributed by atoms with Gasteiger partial charge in [0.25, 0.3) is 0 Å². The van der Waals surface area contributed by atoms with Crippen molar-refractivity contribution < 1.29 is 0 Å². The van der Waals surface area contributed by atoms with Gasteiger partial charge in [-0.05, 0) is 44.9 Å². The molecule has 2 nitrogen and oxygen atoms in total. The predicted octanol–water partition coefficient (Wildman–Crippen LogP) is 3.98. The van der Waals surface area contributed by atoms with Gasteiger partial charge in [0.05, 0.1) is 10.7 Å². The summed E-state index contributed by atoms with van der Waals surface area (Å²) >= 11 is 6.35. The molecule has 1 aromatic rings. The second-order valence-corrected chi connectivity index (χ2v) is 5.19. The largest absolute Gasteiger partial charge is 0.368 e. The van der Waals surface area contributed by atoms with Gasteiger partial charge in [0.2, 0.25) is 0 Å². The Morgan fingerprint density at radius 3 is 2.35 bits per heavy atom. The molecule has 0 aliphatic rings. The van der Waals surface area contributed by atoms with E-state index < -0.39 is 0 Å². The lowest BCUT2D eigenvalue weighted by molar-refractivity contribution is 0.671. The highest BCUT2D eigenvalue weighted by molar-refractivity contribution is 6.33. The van der Waals surface area contributed by atoms with Gasteiger partial charge in [0.15, 0.2) is 0 Å². The zero-order valence-electron chi connectivity index (χ0n) is 11.2. The SMILES string of the molecule is CCCN(c1ccc([C@@H](C)N)cc1Cl)C(C)C. The number of benzene rings is 1. The Morgan fingerprint density at radius 2 is 1.94 bits per heavy atom. The van der Waals surface area contributed by atoms with Crippen molar-refractivity contribution in [1.82, 2.24) is 0 Å². The number of nitrogens with zero attached hydrogens (tertiary/aromatic N) is 1. The van der Waals surface area contributed by atoms with E-state index in [0.717, 1.165) is 29.2 Å². The van der Waals surface area contributed by atoms with Crippen LogP contribution in [0.4, 0.5) is 5.69 Å². The molecule has 0 aliphatic heterocycles. The average Bonchev–Trinajstić information content (AvgIpc) is 2.26. The van der Waals surface area contributed by atoms with Gasteiger partial charge in [-0.1, -0.05) is 24.6 Å². The Balaban J connectivity index is 3.04. The molecule has 3 heteroatoms. The van der Waals surface area contributed by atoms with Crippen LogP contribution >= 0.6 is 11.6 Å². The van der Waals surface area contributed by atoms with Crippen LogP contribution in [0.2, 0.25) is 5.02 Å². The molecule has 0 aliphatic carbocycles. The minimum atomic E-state index is 0.0280. The number of nitrogens with two attached hydrogens (primary N) is 1. The van der Waals surface area contributed by atoms with E-state index in [9.17, 15) is 0 Å². The predicted molar refractivity (Wildman–Crippen MR) is 76.8 cm³/mol. The van der Waals surface area contributed by atoms with Gasteiger partial charge in [-0.15, -0.1) is 0 Å². The van der Waals surface area contributed by atoms with Crippen molar-refractivity contribution in [2.45, 2.75) is 46.2 Å². The van der Waals surface area contributed by atoms with Crippen LogP contribution in [0.5, 0.6) is 0 Å². The molecule has 0 radical (unpaired) electrons. The van der Waals surface area contributed by atoms with E-state index in [4.69, 9.17) is 17.3 Å². The van der Waals surface area contributed by atoms with Crippen molar-refractivity contribution in [2.24, 2.45) is 5.73 Å². The maximum Gasteiger partial charge on any atom is 0.0642 e. The van der Waals surface area contributed by atoms with Crippen molar-refractivity contribution in [2.75, 3.05) is 11.4 Å². The molecule has 0 amide bonds. The number of halogens is 1. The van der Waals surface area contributed by atoms with E-state index >= 15 is 0 Å². The van der Waals surface area contributed by atoms with Crippen LogP contribution in [0.25, 0.3) is 0 Å². The van der Waals surface area contributed by atoms with Gasteiger partial charge in [0, 0.05) is 18.6 Å². The summed E-state index contributed by atoms with van der Waals surface area (Å²) in [5.41, 5.74) is 8.04. The fourth-order valence-corrected chi connectivity index (χ4v) is 2.23. The summed E-state index contributed by atoms with van der Waals surface area (Å²) in [6.07, 6.45) is 1.11. The van der Waals surface area contributed by atoms with Gasteiger partial charge < -0.3 is 10.6 Å². The molecule has 0 spiro atoms. The van der Waals surface area contributed by atoms with Crippen LogP contribution in [0, 0.1) is 0 Å². The lowest BCUT2D eigenvalue weighted by Gasteiger charge is -2.29. The number of rotatable bonds is 5. The molecule has 1 atom stereocenters. The van der Waals surface area contributed by atoms with Crippen LogP contribution in [0.15, 0.2) is 18.2 Å². The monoisotopic (exact) mass is 254 g/mol. The lowest BCUT2D eigenvalue weighted by atomic mass is 10.1. The lowest BCUT2D eigenvalue weighted by Crippen LogP contribution is -2.31. The van der Waals surface area contributed by atoms with E-state index in [2.05, 4.69) is 37.8 Å². The normalized spacial score (nSPS) is 12.9. The molecule has 0 saturated heterocycles. The topological polar surface area (TPSA) is 29.3 Å². The van der Waals surface area contributed by atoms with E-state index in [0.29, 0.717) is 6.04 Å². The Labute approximate surface area is 110 Å². The van der Waals surface area contributed by atoms with Gasteiger partial charge in [0.1, 0.15) is 0 Å². The molecular weight excluding hydrogens is 232 g/mol. The molecule has 0 bridgehead atoms. The van der Waals surface area contributed by atoms with Crippen molar-refractivity contribution >= 4 is 17.3 Å². The Kier molecular flexibility index (Phi) is 5.29. The summed E-state index contributed by atoms with van der Waals surface area (Å²) in [6.45, 7) is 9.54. The first-order valence-electron chi connectivity index (χ1n) is 6.29. The van der Waals surface area contributed by atoms with Crippen molar-refractivity contribution in [3.8, 4) is 0 Å². The Morgan fingerprint density at radius 1 is 1.29 bits per heavy atom. The number of hydrogen-bond donors (Lipinski definition) is 1. The van der Waals surface area contributed by atoms with Crippen molar-refractivity contribution in [3.63, 3.8) is 0 Å². The highest BCUT2D eigenvalue weighted by Gasteiger charge is 2.13. The summed E-state index contributed by atoms with van der Waals surface area (Å²) in [5.74, 6) is 0. The third kappa shape index (κ3) is 3.62. The third-order valence-corrected chi connectivity index (χ3v) is 3.20. The smallest absolute Gasteiger partial charge is 0.0642 e. The molecule has 0 unspecified atom stereocenters.